The third-order valence-electron chi connectivity index (χ3n) is 11.8. The van der Waals surface area contributed by atoms with E-state index in [1.807, 2.05) is 42.5 Å². The number of piperidine rings is 3. The Morgan fingerprint density at radius 3 is 2.32 bits per heavy atom. The van der Waals surface area contributed by atoms with Crippen LogP contribution in [0.2, 0.25) is 0 Å². The number of hydrogen-bond acceptors (Lipinski definition) is 9. The van der Waals surface area contributed by atoms with Crippen molar-refractivity contribution in [3.63, 3.8) is 0 Å². The molecule has 0 radical (unpaired) electrons. The lowest BCUT2D eigenvalue weighted by Gasteiger charge is -2.38. The number of hydrogen-bond donors (Lipinski definition) is 2. The maximum absolute atomic E-state index is 13.1. The number of aromatic hydroxyl groups is 1. The fourth-order valence-corrected chi connectivity index (χ4v) is 9.83. The summed E-state index contributed by atoms with van der Waals surface area (Å²) in [4.78, 5) is 44.9. The minimum Gasteiger partial charge on any atom is -0.508 e. The van der Waals surface area contributed by atoms with E-state index in [4.69, 9.17) is 9.47 Å². The van der Waals surface area contributed by atoms with Gasteiger partial charge in [0, 0.05) is 67.0 Å². The first-order valence-corrected chi connectivity index (χ1v) is 20.6. The zero-order chi connectivity index (χ0) is 38.3. The van der Waals surface area contributed by atoms with Crippen LogP contribution in [0.1, 0.15) is 60.0 Å². The van der Waals surface area contributed by atoms with Crippen LogP contribution in [0, 0.1) is 12.8 Å². The molecule has 288 valence electrons. The smallest absolute Gasteiger partial charge is 0.255 e. The van der Waals surface area contributed by atoms with Crippen LogP contribution < -0.4 is 19.7 Å². The summed E-state index contributed by atoms with van der Waals surface area (Å²) >= 11 is 1.62. The van der Waals surface area contributed by atoms with Crippen molar-refractivity contribution in [2.24, 2.45) is 5.92 Å². The van der Waals surface area contributed by atoms with E-state index in [1.54, 1.807) is 28.4 Å². The summed E-state index contributed by atoms with van der Waals surface area (Å²) in [5.74, 6) is 2.49. The molecule has 9 rings (SSSR count). The molecule has 5 aromatic rings. The Labute approximate surface area is 330 Å². The Kier molecular flexibility index (Phi) is 9.89. The largest absolute Gasteiger partial charge is 0.508 e. The Morgan fingerprint density at radius 1 is 0.821 bits per heavy atom. The van der Waals surface area contributed by atoms with Crippen molar-refractivity contribution in [3.8, 4) is 33.4 Å². The summed E-state index contributed by atoms with van der Waals surface area (Å²) < 4.78 is 14.0. The topological polar surface area (TPSA) is 112 Å². The van der Waals surface area contributed by atoms with Crippen molar-refractivity contribution in [2.75, 3.05) is 37.6 Å². The second-order valence-electron chi connectivity index (χ2n) is 15.7. The van der Waals surface area contributed by atoms with Gasteiger partial charge in [-0.15, -0.1) is 11.3 Å². The van der Waals surface area contributed by atoms with Crippen molar-refractivity contribution >= 4 is 44.8 Å². The molecule has 4 aliphatic heterocycles. The molecule has 0 bridgehead atoms. The lowest BCUT2D eigenvalue weighted by molar-refractivity contribution is -0.136. The third kappa shape index (κ3) is 7.45. The minimum atomic E-state index is -0.591. The molecule has 0 saturated carbocycles. The number of benzene rings is 4. The van der Waals surface area contributed by atoms with Gasteiger partial charge in [-0.3, -0.25) is 19.7 Å². The molecule has 4 aliphatic rings. The monoisotopic (exact) mass is 770 g/mol. The molecular formula is C45H46N4O6S. The van der Waals surface area contributed by atoms with Crippen molar-refractivity contribution < 1.29 is 29.0 Å². The average molecular weight is 771 g/mol. The summed E-state index contributed by atoms with van der Waals surface area (Å²) in [6, 6.07) is 27.2. The number of aryl methyl sites for hydroxylation is 1. The number of carbonyl (C=O) groups excluding carboxylic acids is 3. The quantitative estimate of drug-likeness (QED) is 0.146. The number of phenolic OH excluding ortho intramolecular Hbond substituents is 1. The Morgan fingerprint density at radius 2 is 1.57 bits per heavy atom. The number of amides is 3. The van der Waals surface area contributed by atoms with Crippen LogP contribution in [0.5, 0.6) is 23.0 Å². The molecule has 0 spiro atoms. The fraction of sp³-hybridized carbons (Fsp3) is 0.356. The van der Waals surface area contributed by atoms with Crippen molar-refractivity contribution in [3.05, 3.63) is 102 Å². The lowest BCUT2D eigenvalue weighted by atomic mass is 9.94. The number of imide groups is 1. The molecule has 1 atom stereocenters. The number of rotatable bonds is 9. The van der Waals surface area contributed by atoms with Crippen LogP contribution in [0.15, 0.2) is 84.9 Å². The molecule has 11 heteroatoms. The predicted molar refractivity (Wildman–Crippen MR) is 218 cm³/mol. The van der Waals surface area contributed by atoms with Crippen LogP contribution >= 0.6 is 11.3 Å². The highest BCUT2D eigenvalue weighted by molar-refractivity contribution is 7.22. The van der Waals surface area contributed by atoms with Gasteiger partial charge in [-0.1, -0.05) is 29.8 Å². The van der Waals surface area contributed by atoms with Gasteiger partial charge in [-0.25, -0.2) is 0 Å². The number of thiophene rings is 1. The van der Waals surface area contributed by atoms with E-state index in [1.165, 1.54) is 5.56 Å². The number of anilines is 1. The number of fused-ring (bicyclic) bond motifs is 2. The molecule has 3 amide bonds. The van der Waals surface area contributed by atoms with Crippen molar-refractivity contribution in [1.82, 2.24) is 15.1 Å². The van der Waals surface area contributed by atoms with Gasteiger partial charge in [0.2, 0.25) is 11.8 Å². The van der Waals surface area contributed by atoms with E-state index in [2.05, 4.69) is 52.4 Å². The number of phenols is 1. The highest BCUT2D eigenvalue weighted by Gasteiger charge is 2.39. The zero-order valence-corrected chi connectivity index (χ0v) is 32.4. The molecule has 4 aromatic carbocycles. The van der Waals surface area contributed by atoms with Gasteiger partial charge in [0.05, 0.1) is 4.88 Å². The van der Waals surface area contributed by atoms with Gasteiger partial charge in [0.1, 0.15) is 29.4 Å². The summed E-state index contributed by atoms with van der Waals surface area (Å²) in [6.45, 7) is 7.60. The van der Waals surface area contributed by atoms with Crippen LogP contribution in [-0.4, -0.2) is 77.5 Å². The summed E-state index contributed by atoms with van der Waals surface area (Å²) in [5, 5.41) is 13.5. The first-order chi connectivity index (χ1) is 27.2. The highest BCUT2D eigenvalue weighted by Crippen LogP contribution is 2.47. The number of nitrogens with one attached hydrogen (secondary N) is 1. The second-order valence-corrected chi connectivity index (χ2v) is 16.7. The molecule has 1 unspecified atom stereocenters. The fourth-order valence-electron chi connectivity index (χ4n) is 8.66. The third-order valence-corrected chi connectivity index (χ3v) is 13.0. The van der Waals surface area contributed by atoms with Gasteiger partial charge < -0.3 is 29.3 Å². The molecule has 3 saturated heterocycles. The maximum Gasteiger partial charge on any atom is 0.255 e. The molecule has 1 aromatic heterocycles. The van der Waals surface area contributed by atoms with Crippen molar-refractivity contribution in [2.45, 2.75) is 64.1 Å². The van der Waals surface area contributed by atoms with E-state index < -0.39 is 6.04 Å². The summed E-state index contributed by atoms with van der Waals surface area (Å²) in [6.07, 6.45) is 5.05. The Hall–Kier alpha value is -5.39. The Bertz CT molecular complexity index is 2270. The number of nitrogens with zero attached hydrogens (tertiary/aromatic N) is 3. The molecule has 10 nitrogen and oxygen atoms in total. The minimum absolute atomic E-state index is 0.128. The predicted octanol–water partition coefficient (Wildman–Crippen LogP) is 7.90. The first kappa shape index (κ1) is 36.3. The van der Waals surface area contributed by atoms with Gasteiger partial charge in [-0.2, -0.15) is 0 Å². The number of likely N-dealkylation sites (tertiary alicyclic amines) is 1. The molecule has 56 heavy (non-hydrogen) atoms. The molecular weight excluding hydrogens is 725 g/mol. The van der Waals surface area contributed by atoms with E-state index in [0.29, 0.717) is 24.4 Å². The van der Waals surface area contributed by atoms with Gasteiger partial charge >= 0.3 is 0 Å². The van der Waals surface area contributed by atoms with E-state index in [9.17, 15) is 19.5 Å². The van der Waals surface area contributed by atoms with E-state index in [0.717, 1.165) is 107 Å². The molecule has 5 heterocycles. The lowest BCUT2D eigenvalue weighted by Crippen LogP contribution is -2.52. The van der Waals surface area contributed by atoms with Crippen LogP contribution in [-0.2, 0) is 16.1 Å². The van der Waals surface area contributed by atoms with Crippen LogP contribution in [0.4, 0.5) is 5.69 Å². The average Bonchev–Trinajstić information content (AvgIpc) is 3.72. The van der Waals surface area contributed by atoms with Crippen molar-refractivity contribution in [1.29, 1.82) is 0 Å². The number of carbonyl (C=O) groups is 3. The van der Waals surface area contributed by atoms with E-state index in [-0.39, 0.29) is 36.0 Å². The van der Waals surface area contributed by atoms with Gasteiger partial charge in [-0.05, 0) is 117 Å². The van der Waals surface area contributed by atoms with Crippen LogP contribution in [0.3, 0.4) is 0 Å². The highest BCUT2D eigenvalue weighted by atomic mass is 32.1. The SMILES string of the molecule is Cc1ccc(-c2sc3cc(O)ccc3c2Oc2ccc(OC3CCN(CC4CCN(c5ccc6c(c5)CN(C5CCC(=O)NC5=O)C6=O)CC4)CC3)cc2)cc1. The summed E-state index contributed by atoms with van der Waals surface area (Å²) in [7, 11) is 0. The second kappa shape index (κ2) is 15.3. The first-order valence-electron chi connectivity index (χ1n) is 19.8. The van der Waals surface area contributed by atoms with E-state index >= 15 is 0 Å². The van der Waals surface area contributed by atoms with Gasteiger partial charge in [0.25, 0.3) is 5.91 Å². The van der Waals surface area contributed by atoms with Gasteiger partial charge in [0.15, 0.2) is 5.75 Å². The normalized spacial score (nSPS) is 19.7. The zero-order valence-electron chi connectivity index (χ0n) is 31.5. The number of ether oxygens (including phenoxy) is 2. The summed E-state index contributed by atoms with van der Waals surface area (Å²) in [5.41, 5.74) is 5.03. The maximum atomic E-state index is 13.1. The standard InChI is InChI=1S/C45H46N4O6S/c1-28-2-4-30(5-3-28)43-42(38-13-7-33(50)25-40(38)56-43)55-35-10-8-34(9-11-35)54-36-18-20-47(21-19-36)26-29-16-22-48(23-17-29)32-6-12-37-31(24-32)27-49(45(37)53)39-14-15-41(51)46-44(39)52/h2-13,24-25,29,36,39,50H,14-23,26-27H2,1H3,(H,46,51,52). The van der Waals surface area contributed by atoms with Crippen LogP contribution in [0.25, 0.3) is 20.5 Å². The molecule has 3 fully saturated rings. The molecule has 2 N–H and O–H groups in total. The Balaban J connectivity index is 0.746. The molecule has 0 aliphatic carbocycles.